The Morgan fingerprint density at radius 1 is 1.41 bits per heavy atom. The summed E-state index contributed by atoms with van der Waals surface area (Å²) in [5, 5.41) is 9.02. The van der Waals surface area contributed by atoms with Crippen LogP contribution in [0, 0.1) is 17.2 Å². The summed E-state index contributed by atoms with van der Waals surface area (Å²) in [6.45, 7) is 2.45. The molecule has 7 nitrogen and oxygen atoms in total. The number of rotatable bonds is 3. The molecule has 116 valence electrons. The van der Waals surface area contributed by atoms with E-state index < -0.39 is 0 Å². The summed E-state index contributed by atoms with van der Waals surface area (Å²) in [7, 11) is 0. The smallest absolute Gasteiger partial charge is 0.251 e. The van der Waals surface area contributed by atoms with E-state index in [0.717, 1.165) is 25.8 Å². The van der Waals surface area contributed by atoms with Crippen LogP contribution in [0.2, 0.25) is 0 Å². The standard InChI is InChI=1S/C15H18N4O3/c16-8-13-14(18-5-4-17-13)22-12-2-1-6-19(9-12)15(20)11-3-7-21-10-11/h4-5,11-12H,1-3,6-7,9-10H2/t11-,12-/m1/s1. The first-order chi connectivity index (χ1) is 10.8. The molecule has 2 saturated heterocycles. The van der Waals surface area contributed by atoms with E-state index in [0.29, 0.717) is 19.8 Å². The number of nitriles is 1. The number of ether oxygens (including phenoxy) is 2. The van der Waals surface area contributed by atoms with E-state index in [4.69, 9.17) is 14.7 Å². The minimum atomic E-state index is -0.149. The lowest BCUT2D eigenvalue weighted by molar-refractivity contribution is -0.138. The number of carbonyl (C=O) groups excluding carboxylic acids is 1. The van der Waals surface area contributed by atoms with Gasteiger partial charge in [-0.3, -0.25) is 4.79 Å². The maximum absolute atomic E-state index is 12.4. The fraction of sp³-hybridized carbons (Fsp3) is 0.600. The Bertz CT molecular complexity index is 580. The van der Waals surface area contributed by atoms with Crippen molar-refractivity contribution in [2.24, 2.45) is 5.92 Å². The topological polar surface area (TPSA) is 88.3 Å². The zero-order chi connectivity index (χ0) is 15.4. The normalized spacial score (nSPS) is 24.8. The Balaban J connectivity index is 1.63. The van der Waals surface area contributed by atoms with Crippen LogP contribution in [0.4, 0.5) is 0 Å². The van der Waals surface area contributed by atoms with E-state index in [9.17, 15) is 4.79 Å². The Hall–Kier alpha value is -2.20. The van der Waals surface area contributed by atoms with Crippen molar-refractivity contribution >= 4 is 5.91 Å². The Kier molecular flexibility index (Phi) is 4.49. The maximum Gasteiger partial charge on any atom is 0.251 e. The van der Waals surface area contributed by atoms with E-state index in [1.54, 1.807) is 0 Å². The molecule has 0 aromatic carbocycles. The number of amides is 1. The quantitative estimate of drug-likeness (QED) is 0.819. The molecule has 2 aliphatic rings. The van der Waals surface area contributed by atoms with Gasteiger partial charge in [-0.25, -0.2) is 9.97 Å². The molecule has 3 rings (SSSR count). The van der Waals surface area contributed by atoms with Crippen LogP contribution in [0.1, 0.15) is 25.0 Å². The molecule has 0 N–H and O–H groups in total. The third-order valence-corrected chi connectivity index (χ3v) is 4.02. The lowest BCUT2D eigenvalue weighted by atomic mass is 10.0. The second kappa shape index (κ2) is 6.71. The van der Waals surface area contributed by atoms with E-state index in [2.05, 4.69) is 9.97 Å². The first-order valence-electron chi connectivity index (χ1n) is 7.52. The number of hydrogen-bond donors (Lipinski definition) is 0. The molecule has 0 spiro atoms. The van der Waals surface area contributed by atoms with Gasteiger partial charge in [0.1, 0.15) is 12.2 Å². The van der Waals surface area contributed by atoms with Crippen LogP contribution in [0.3, 0.4) is 0 Å². The molecule has 2 aliphatic heterocycles. The molecule has 0 radical (unpaired) electrons. The predicted octanol–water partition coefficient (Wildman–Crippen LogP) is 0.755. The molecule has 1 aromatic rings. The van der Waals surface area contributed by atoms with Crippen molar-refractivity contribution in [3.63, 3.8) is 0 Å². The highest BCUT2D eigenvalue weighted by Gasteiger charge is 2.32. The van der Waals surface area contributed by atoms with Crippen LogP contribution in [-0.2, 0) is 9.53 Å². The van der Waals surface area contributed by atoms with Crippen molar-refractivity contribution in [1.82, 2.24) is 14.9 Å². The number of hydrogen-bond acceptors (Lipinski definition) is 6. The monoisotopic (exact) mass is 302 g/mol. The van der Waals surface area contributed by atoms with Crippen molar-refractivity contribution in [3.05, 3.63) is 18.1 Å². The summed E-state index contributed by atoms with van der Waals surface area (Å²) < 4.78 is 11.1. The first kappa shape index (κ1) is 14.7. The van der Waals surface area contributed by atoms with Crippen molar-refractivity contribution < 1.29 is 14.3 Å². The third kappa shape index (κ3) is 3.17. The fourth-order valence-corrected chi connectivity index (χ4v) is 2.87. The molecule has 0 bridgehead atoms. The van der Waals surface area contributed by atoms with Gasteiger partial charge < -0.3 is 14.4 Å². The molecule has 2 atom stereocenters. The van der Waals surface area contributed by atoms with Crippen LogP contribution in [-0.4, -0.2) is 53.2 Å². The third-order valence-electron chi connectivity index (χ3n) is 4.02. The molecule has 22 heavy (non-hydrogen) atoms. The summed E-state index contributed by atoms with van der Waals surface area (Å²) in [6, 6.07) is 1.97. The zero-order valence-electron chi connectivity index (χ0n) is 12.3. The number of likely N-dealkylation sites (tertiary alicyclic amines) is 1. The molecule has 0 unspecified atom stereocenters. The number of nitrogens with zero attached hydrogens (tertiary/aromatic N) is 4. The van der Waals surface area contributed by atoms with Crippen LogP contribution < -0.4 is 4.74 Å². The van der Waals surface area contributed by atoms with Crippen molar-refractivity contribution in [3.8, 4) is 11.9 Å². The Morgan fingerprint density at radius 2 is 2.27 bits per heavy atom. The summed E-state index contributed by atoms with van der Waals surface area (Å²) in [4.78, 5) is 22.3. The van der Waals surface area contributed by atoms with Crippen LogP contribution in [0.5, 0.6) is 5.88 Å². The largest absolute Gasteiger partial charge is 0.470 e. The molecule has 1 amide bonds. The Labute approximate surface area is 128 Å². The highest BCUT2D eigenvalue weighted by molar-refractivity contribution is 5.79. The van der Waals surface area contributed by atoms with Gasteiger partial charge in [-0.05, 0) is 19.3 Å². The number of aromatic nitrogens is 2. The Morgan fingerprint density at radius 3 is 3.05 bits per heavy atom. The summed E-state index contributed by atoms with van der Waals surface area (Å²) in [5.41, 5.74) is 0.176. The van der Waals surface area contributed by atoms with E-state index in [1.165, 1.54) is 12.4 Å². The maximum atomic E-state index is 12.4. The van der Waals surface area contributed by atoms with Gasteiger partial charge in [-0.2, -0.15) is 5.26 Å². The highest BCUT2D eigenvalue weighted by atomic mass is 16.5. The summed E-state index contributed by atoms with van der Waals surface area (Å²) in [6.07, 6.45) is 5.33. The van der Waals surface area contributed by atoms with Gasteiger partial charge in [0, 0.05) is 25.5 Å². The SMILES string of the molecule is N#Cc1nccnc1O[C@@H]1CCCN(C(=O)[C@@H]2CCOC2)C1. The van der Waals surface area contributed by atoms with Crippen LogP contribution in [0.15, 0.2) is 12.4 Å². The summed E-state index contributed by atoms with van der Waals surface area (Å²) in [5.74, 6) is 0.365. The molecule has 1 aromatic heterocycles. The molecule has 7 heteroatoms. The first-order valence-corrected chi connectivity index (χ1v) is 7.52. The number of carbonyl (C=O) groups is 1. The zero-order valence-corrected chi connectivity index (χ0v) is 12.3. The van der Waals surface area contributed by atoms with Crippen molar-refractivity contribution in [2.75, 3.05) is 26.3 Å². The fourth-order valence-electron chi connectivity index (χ4n) is 2.87. The molecule has 2 fully saturated rings. The van der Waals surface area contributed by atoms with Gasteiger partial charge in [0.15, 0.2) is 0 Å². The second-order valence-electron chi connectivity index (χ2n) is 5.55. The predicted molar refractivity (Wildman–Crippen MR) is 75.9 cm³/mol. The van der Waals surface area contributed by atoms with E-state index >= 15 is 0 Å². The van der Waals surface area contributed by atoms with Gasteiger partial charge in [0.2, 0.25) is 11.6 Å². The van der Waals surface area contributed by atoms with Crippen molar-refractivity contribution in [1.29, 1.82) is 5.26 Å². The lowest BCUT2D eigenvalue weighted by Gasteiger charge is -2.33. The van der Waals surface area contributed by atoms with Gasteiger partial charge in [-0.1, -0.05) is 0 Å². The molecule has 3 heterocycles. The lowest BCUT2D eigenvalue weighted by Crippen LogP contribution is -2.46. The van der Waals surface area contributed by atoms with E-state index in [1.807, 2.05) is 11.0 Å². The average Bonchev–Trinajstić information content (AvgIpc) is 3.09. The number of piperidine rings is 1. The van der Waals surface area contributed by atoms with E-state index in [-0.39, 0.29) is 29.5 Å². The minimum Gasteiger partial charge on any atom is -0.470 e. The van der Waals surface area contributed by atoms with Gasteiger partial charge in [0.05, 0.1) is 19.1 Å². The minimum absolute atomic E-state index is 0.0232. The molecular formula is C15H18N4O3. The van der Waals surface area contributed by atoms with Crippen LogP contribution >= 0.6 is 0 Å². The second-order valence-corrected chi connectivity index (χ2v) is 5.55. The molecule has 0 saturated carbocycles. The van der Waals surface area contributed by atoms with Gasteiger partial charge in [0.25, 0.3) is 5.88 Å². The molecular weight excluding hydrogens is 284 g/mol. The van der Waals surface area contributed by atoms with Gasteiger partial charge >= 0.3 is 0 Å². The van der Waals surface area contributed by atoms with Crippen molar-refractivity contribution in [2.45, 2.75) is 25.4 Å². The highest BCUT2D eigenvalue weighted by Crippen LogP contribution is 2.22. The molecule has 0 aliphatic carbocycles. The van der Waals surface area contributed by atoms with Crippen LogP contribution in [0.25, 0.3) is 0 Å². The summed E-state index contributed by atoms with van der Waals surface area (Å²) >= 11 is 0. The van der Waals surface area contributed by atoms with Gasteiger partial charge in [-0.15, -0.1) is 0 Å². The average molecular weight is 302 g/mol.